The first-order valence-electron chi connectivity index (χ1n) is 10.9. The Morgan fingerprint density at radius 2 is 1.06 bits per heavy atom. The summed E-state index contributed by atoms with van der Waals surface area (Å²) in [6.07, 6.45) is -1.14. The van der Waals surface area contributed by atoms with E-state index in [4.69, 9.17) is 33.2 Å². The largest absolute Gasteiger partial charge is 0.365 e. The van der Waals surface area contributed by atoms with E-state index < -0.39 is 0 Å². The van der Waals surface area contributed by atoms with E-state index >= 15 is 0 Å². The van der Waals surface area contributed by atoms with Gasteiger partial charge in [-0.15, -0.1) is 0 Å². The van der Waals surface area contributed by atoms with Crippen molar-refractivity contribution in [1.82, 2.24) is 0 Å². The van der Waals surface area contributed by atoms with Gasteiger partial charge in [-0.3, -0.25) is 0 Å². The van der Waals surface area contributed by atoms with Crippen LogP contribution in [0.25, 0.3) is 0 Å². The van der Waals surface area contributed by atoms with E-state index in [2.05, 4.69) is 0 Å². The molecule has 0 amide bonds. The minimum atomic E-state index is -0.353. The third kappa shape index (κ3) is 4.40. The van der Waals surface area contributed by atoms with Crippen molar-refractivity contribution in [2.24, 2.45) is 0 Å². The molecule has 4 saturated heterocycles. The summed E-state index contributed by atoms with van der Waals surface area (Å²) in [5, 5.41) is 0. The molecule has 0 unspecified atom stereocenters. The van der Waals surface area contributed by atoms with E-state index in [9.17, 15) is 0 Å². The molecule has 4 fully saturated rings. The highest BCUT2D eigenvalue weighted by molar-refractivity contribution is 5.14. The topological polar surface area (TPSA) is 71.2 Å². The Labute approximate surface area is 181 Å². The van der Waals surface area contributed by atoms with E-state index in [0.717, 1.165) is 11.1 Å². The zero-order valence-electron chi connectivity index (χ0n) is 17.1. The van der Waals surface area contributed by atoms with Crippen molar-refractivity contribution in [3.05, 3.63) is 71.8 Å². The molecule has 7 nitrogen and oxygen atoms in total. The number of rotatable bonds is 8. The van der Waals surface area contributed by atoms with Crippen molar-refractivity contribution in [2.75, 3.05) is 13.2 Å². The maximum Gasteiger partial charge on any atom is 0.186 e. The highest BCUT2D eigenvalue weighted by atomic mass is 16.8. The lowest BCUT2D eigenvalue weighted by atomic mass is 10.1. The zero-order chi connectivity index (χ0) is 20.6. The average molecular weight is 426 g/mol. The molecular weight excluding hydrogens is 400 g/mol. The van der Waals surface area contributed by atoms with Gasteiger partial charge in [0.05, 0.1) is 26.4 Å². The lowest BCUT2D eigenvalue weighted by Gasteiger charge is -2.31. The van der Waals surface area contributed by atoms with Crippen LogP contribution in [-0.4, -0.2) is 62.4 Å². The van der Waals surface area contributed by atoms with Gasteiger partial charge in [0, 0.05) is 0 Å². The summed E-state index contributed by atoms with van der Waals surface area (Å²) in [4.78, 5) is 0. The number of epoxide rings is 2. The summed E-state index contributed by atoms with van der Waals surface area (Å²) in [5.41, 5.74) is 2.23. The van der Waals surface area contributed by atoms with Crippen molar-refractivity contribution >= 4 is 0 Å². The Morgan fingerprint density at radius 1 is 0.613 bits per heavy atom. The molecule has 0 radical (unpaired) electrons. The van der Waals surface area contributed by atoms with Crippen molar-refractivity contribution < 1.29 is 33.2 Å². The highest BCUT2D eigenvalue weighted by Crippen LogP contribution is 2.41. The molecule has 7 heteroatoms. The summed E-state index contributed by atoms with van der Waals surface area (Å²) in [5.74, 6) is 0. The molecule has 0 aromatic heterocycles. The minimum absolute atomic E-state index is 0.00113. The van der Waals surface area contributed by atoms with E-state index in [-0.39, 0.29) is 49.2 Å². The molecule has 2 aromatic carbocycles. The maximum absolute atomic E-state index is 6.25. The average Bonchev–Trinajstić information content (AvgIpc) is 3.73. The number of hydrogen-bond acceptors (Lipinski definition) is 7. The monoisotopic (exact) mass is 426 g/mol. The molecule has 31 heavy (non-hydrogen) atoms. The first kappa shape index (κ1) is 19.8. The summed E-state index contributed by atoms with van der Waals surface area (Å²) in [7, 11) is 0. The van der Waals surface area contributed by atoms with E-state index in [1.54, 1.807) is 0 Å². The normalized spacial score (nSPS) is 38.2. The van der Waals surface area contributed by atoms with E-state index in [1.165, 1.54) is 0 Å². The minimum Gasteiger partial charge on any atom is -0.365 e. The van der Waals surface area contributed by atoms with Crippen LogP contribution in [0.2, 0.25) is 0 Å². The molecule has 0 bridgehead atoms. The smallest absolute Gasteiger partial charge is 0.186 e. The fourth-order valence-corrected chi connectivity index (χ4v) is 4.32. The lowest BCUT2D eigenvalue weighted by molar-refractivity contribution is -0.216. The van der Waals surface area contributed by atoms with Crippen molar-refractivity contribution in [2.45, 2.75) is 62.4 Å². The van der Waals surface area contributed by atoms with Gasteiger partial charge in [0.2, 0.25) is 0 Å². The van der Waals surface area contributed by atoms with Crippen LogP contribution in [0.1, 0.15) is 11.1 Å². The first-order chi connectivity index (χ1) is 15.3. The molecule has 0 aliphatic carbocycles. The summed E-state index contributed by atoms with van der Waals surface area (Å²) < 4.78 is 41.4. The second-order valence-corrected chi connectivity index (χ2v) is 8.34. The molecule has 6 rings (SSSR count). The van der Waals surface area contributed by atoms with Crippen LogP contribution < -0.4 is 0 Å². The summed E-state index contributed by atoms with van der Waals surface area (Å²) in [6.45, 7) is 1.87. The molecule has 2 aromatic rings. The van der Waals surface area contributed by atoms with E-state index in [0.29, 0.717) is 26.4 Å². The molecular formula is C24H26O7. The van der Waals surface area contributed by atoms with Gasteiger partial charge in [0.15, 0.2) is 12.6 Å². The molecule has 0 N–H and O–H groups in total. The number of fused-ring (bicyclic) bond motifs is 2. The Kier molecular flexibility index (Phi) is 5.49. The van der Waals surface area contributed by atoms with Crippen LogP contribution in [0.15, 0.2) is 60.7 Å². The van der Waals surface area contributed by atoms with Crippen LogP contribution in [0.3, 0.4) is 0 Å². The van der Waals surface area contributed by atoms with Gasteiger partial charge >= 0.3 is 0 Å². The number of ether oxygens (including phenoxy) is 7. The van der Waals surface area contributed by atoms with Crippen LogP contribution in [0.4, 0.5) is 0 Å². The lowest BCUT2D eigenvalue weighted by Crippen LogP contribution is -2.46. The predicted octanol–water partition coefficient (Wildman–Crippen LogP) is 2.42. The molecule has 4 heterocycles. The van der Waals surface area contributed by atoms with Crippen LogP contribution >= 0.6 is 0 Å². The molecule has 0 spiro atoms. The van der Waals surface area contributed by atoms with Crippen molar-refractivity contribution in [3.8, 4) is 0 Å². The summed E-state index contributed by atoms with van der Waals surface area (Å²) in [6, 6.07) is 20.1. The van der Waals surface area contributed by atoms with Crippen LogP contribution in [0.5, 0.6) is 0 Å². The molecule has 164 valence electrons. The Bertz CT molecular complexity index is 791. The standard InChI is InChI=1S/C24H26O7/c1-3-7-15(8-4-1)11-25-23-21-19(30-21)17(13-27-23)29-18-14-28-24(22-20(18)31-22)26-12-16-9-5-2-6-10-16/h1-10,17-24H,11-14H2/t17-,18+,19-,20-,21-,22-,23-,24-/m0/s1. The maximum atomic E-state index is 6.25. The number of benzene rings is 2. The zero-order valence-corrected chi connectivity index (χ0v) is 17.1. The highest BCUT2D eigenvalue weighted by Gasteiger charge is 2.60. The molecule has 8 atom stereocenters. The van der Waals surface area contributed by atoms with Crippen LogP contribution in [0, 0.1) is 0 Å². The fraction of sp³-hybridized carbons (Fsp3) is 0.500. The van der Waals surface area contributed by atoms with Gasteiger partial charge in [0.1, 0.15) is 36.6 Å². The van der Waals surface area contributed by atoms with Gasteiger partial charge < -0.3 is 33.2 Å². The molecule has 4 aliphatic heterocycles. The Hall–Kier alpha value is -1.84. The Balaban J connectivity index is 0.951. The number of hydrogen-bond donors (Lipinski definition) is 0. The van der Waals surface area contributed by atoms with Gasteiger partial charge in [-0.1, -0.05) is 60.7 Å². The van der Waals surface area contributed by atoms with E-state index in [1.807, 2.05) is 60.7 Å². The second-order valence-electron chi connectivity index (χ2n) is 8.34. The Morgan fingerprint density at radius 3 is 1.52 bits per heavy atom. The third-order valence-corrected chi connectivity index (χ3v) is 6.11. The van der Waals surface area contributed by atoms with Crippen LogP contribution in [-0.2, 0) is 46.4 Å². The van der Waals surface area contributed by atoms with Crippen molar-refractivity contribution in [1.29, 1.82) is 0 Å². The fourth-order valence-electron chi connectivity index (χ4n) is 4.32. The molecule has 4 aliphatic rings. The third-order valence-electron chi connectivity index (χ3n) is 6.11. The van der Waals surface area contributed by atoms with Gasteiger partial charge in [-0.2, -0.15) is 0 Å². The predicted molar refractivity (Wildman–Crippen MR) is 108 cm³/mol. The second kappa shape index (κ2) is 8.60. The summed E-state index contributed by atoms with van der Waals surface area (Å²) >= 11 is 0. The SMILES string of the molecule is c1ccc(CO[C@H]2OC[C@H](O[C@@H]3CO[C@H](OCc4ccccc4)[C@H]4O[C@H]43)[C@@H]3O[C@H]23)cc1. The van der Waals surface area contributed by atoms with Crippen molar-refractivity contribution in [3.63, 3.8) is 0 Å². The first-order valence-corrected chi connectivity index (χ1v) is 10.9. The van der Waals surface area contributed by atoms with Gasteiger partial charge in [-0.25, -0.2) is 0 Å². The van der Waals surface area contributed by atoms with Gasteiger partial charge in [0.25, 0.3) is 0 Å². The molecule has 0 saturated carbocycles. The quantitative estimate of drug-likeness (QED) is 0.601. The van der Waals surface area contributed by atoms with Gasteiger partial charge in [-0.05, 0) is 11.1 Å².